The van der Waals surface area contributed by atoms with Gasteiger partial charge in [0.25, 0.3) is 5.91 Å². The number of aliphatic imine (C=N–C) groups is 1. The van der Waals surface area contributed by atoms with E-state index >= 15 is 0 Å². The predicted molar refractivity (Wildman–Crippen MR) is 116 cm³/mol. The predicted octanol–water partition coefficient (Wildman–Crippen LogP) is 4.33. The number of nitrogens with zero attached hydrogens (tertiary/aromatic N) is 1. The molecule has 2 aromatic carbocycles. The van der Waals surface area contributed by atoms with E-state index in [4.69, 9.17) is 0 Å². The number of phenolic OH excluding ortho intramolecular Hbond substituents is 2. The summed E-state index contributed by atoms with van der Waals surface area (Å²) in [5.74, 6) is -0.993. The monoisotopic (exact) mass is 417 g/mol. The van der Waals surface area contributed by atoms with Crippen LogP contribution in [-0.4, -0.2) is 29.0 Å². The second-order valence-electron chi connectivity index (χ2n) is 5.73. The first-order valence-electron chi connectivity index (χ1n) is 8.34. The van der Waals surface area contributed by atoms with Crippen LogP contribution in [0.15, 0.2) is 65.0 Å². The fraction of sp³-hybridized carbons (Fsp3) is 0.100. The van der Waals surface area contributed by atoms with E-state index in [1.54, 1.807) is 17.7 Å². The van der Waals surface area contributed by atoms with Crippen molar-refractivity contribution in [2.45, 2.75) is 6.42 Å². The summed E-state index contributed by atoms with van der Waals surface area (Å²) in [7, 11) is 0. The molecule has 3 aromatic rings. The summed E-state index contributed by atoms with van der Waals surface area (Å²) in [5, 5.41) is 28.1. The Balaban J connectivity index is 0.00000280. The van der Waals surface area contributed by atoms with Gasteiger partial charge in [-0.2, -0.15) is 0 Å². The Hall–Kier alpha value is -3.03. The number of carbonyl (C=O) groups is 1. The van der Waals surface area contributed by atoms with Crippen LogP contribution >= 0.6 is 23.7 Å². The van der Waals surface area contributed by atoms with Gasteiger partial charge < -0.3 is 20.8 Å². The van der Waals surface area contributed by atoms with E-state index in [9.17, 15) is 15.0 Å². The number of aromatic hydroxyl groups is 2. The lowest BCUT2D eigenvalue weighted by Gasteiger charge is -2.09. The minimum Gasteiger partial charge on any atom is -0.507 e. The second-order valence-corrected chi connectivity index (χ2v) is 6.65. The number of halogens is 1. The molecule has 3 rings (SSSR count). The molecule has 0 bridgehead atoms. The van der Waals surface area contributed by atoms with Gasteiger partial charge in [0, 0.05) is 12.2 Å². The third-order valence-corrected chi connectivity index (χ3v) is 4.61. The zero-order valence-corrected chi connectivity index (χ0v) is 16.5. The van der Waals surface area contributed by atoms with Gasteiger partial charge in [0.15, 0.2) is 0 Å². The van der Waals surface area contributed by atoms with Crippen molar-refractivity contribution in [3.8, 4) is 11.5 Å². The molecular weight excluding hydrogens is 398 g/mol. The number of carbonyl (C=O) groups excluding carboxylic acids is 1. The van der Waals surface area contributed by atoms with Crippen LogP contribution in [0.4, 0.5) is 10.7 Å². The Morgan fingerprint density at radius 1 is 1.04 bits per heavy atom. The van der Waals surface area contributed by atoms with Crippen molar-refractivity contribution < 1.29 is 15.0 Å². The molecule has 0 aliphatic heterocycles. The summed E-state index contributed by atoms with van der Waals surface area (Å²) >= 11 is 1.57. The zero-order chi connectivity index (χ0) is 19.1. The summed E-state index contributed by atoms with van der Waals surface area (Å²) in [6, 6.07) is 15.9. The molecule has 0 atom stereocenters. The number of amides is 1. The highest BCUT2D eigenvalue weighted by atomic mass is 35.5. The van der Waals surface area contributed by atoms with Gasteiger partial charge in [-0.1, -0.05) is 18.2 Å². The van der Waals surface area contributed by atoms with Crippen molar-refractivity contribution in [3.05, 3.63) is 71.1 Å². The highest BCUT2D eigenvalue weighted by molar-refractivity contribution is 7.13. The van der Waals surface area contributed by atoms with Gasteiger partial charge in [-0.15, -0.1) is 23.7 Å². The molecule has 0 fully saturated rings. The Kier molecular flexibility index (Phi) is 7.86. The molecule has 1 aromatic heterocycles. The molecule has 8 heteroatoms. The molecule has 146 valence electrons. The molecule has 0 spiro atoms. The highest BCUT2D eigenvalue weighted by Crippen LogP contribution is 2.25. The minimum atomic E-state index is -0.506. The van der Waals surface area contributed by atoms with E-state index in [0.29, 0.717) is 13.0 Å². The summed E-state index contributed by atoms with van der Waals surface area (Å²) in [4.78, 5) is 16.4. The van der Waals surface area contributed by atoms with Crippen LogP contribution in [0, 0.1) is 0 Å². The second kappa shape index (κ2) is 10.3. The van der Waals surface area contributed by atoms with Crippen molar-refractivity contribution in [1.82, 2.24) is 5.32 Å². The van der Waals surface area contributed by atoms with Crippen LogP contribution in [0.3, 0.4) is 0 Å². The van der Waals surface area contributed by atoms with Crippen LogP contribution in [-0.2, 0) is 6.42 Å². The lowest BCUT2D eigenvalue weighted by molar-refractivity contribution is 0.0948. The molecule has 0 saturated heterocycles. The number of hydrogen-bond acceptors (Lipinski definition) is 5. The van der Waals surface area contributed by atoms with Crippen molar-refractivity contribution in [3.63, 3.8) is 0 Å². The molecular formula is C20H20ClN3O3S. The zero-order valence-electron chi connectivity index (χ0n) is 14.8. The molecule has 4 N–H and O–H groups in total. The topological polar surface area (TPSA) is 94.0 Å². The maximum atomic E-state index is 12.1. The quantitative estimate of drug-likeness (QED) is 0.340. The van der Waals surface area contributed by atoms with Crippen molar-refractivity contribution in [2.75, 3.05) is 11.9 Å². The number of hydrogen-bond donors (Lipinski definition) is 4. The van der Waals surface area contributed by atoms with Gasteiger partial charge in [0.1, 0.15) is 22.1 Å². The van der Waals surface area contributed by atoms with Gasteiger partial charge in [-0.05, 0) is 53.8 Å². The first-order chi connectivity index (χ1) is 13.1. The summed E-state index contributed by atoms with van der Waals surface area (Å²) in [6.45, 7) is 0.388. The van der Waals surface area contributed by atoms with Gasteiger partial charge >= 0.3 is 0 Å². The van der Waals surface area contributed by atoms with Crippen LogP contribution in [0.25, 0.3) is 0 Å². The number of phenols is 2. The van der Waals surface area contributed by atoms with Crippen LogP contribution in [0.5, 0.6) is 11.5 Å². The fourth-order valence-electron chi connectivity index (χ4n) is 2.45. The van der Waals surface area contributed by atoms with Crippen LogP contribution < -0.4 is 10.6 Å². The van der Waals surface area contributed by atoms with Gasteiger partial charge in [0.05, 0.1) is 6.34 Å². The normalized spacial score (nSPS) is 10.4. The minimum absolute atomic E-state index is 0. The Morgan fingerprint density at radius 3 is 2.39 bits per heavy atom. The number of thiophene rings is 1. The van der Waals surface area contributed by atoms with Crippen LogP contribution in [0.2, 0.25) is 0 Å². The van der Waals surface area contributed by atoms with Gasteiger partial charge in [-0.3, -0.25) is 4.79 Å². The SMILES string of the molecule is Cl.O=C(NCCc1ccc(N/C=N/c2cccs2)cc1)c1c(O)cccc1O. The summed E-state index contributed by atoms with van der Waals surface area (Å²) < 4.78 is 0. The molecule has 0 radical (unpaired) electrons. The van der Waals surface area contributed by atoms with E-state index in [0.717, 1.165) is 16.3 Å². The van der Waals surface area contributed by atoms with Gasteiger partial charge in [0.2, 0.25) is 0 Å². The molecule has 0 aliphatic rings. The Morgan fingerprint density at radius 2 is 1.75 bits per heavy atom. The molecule has 0 aliphatic carbocycles. The largest absolute Gasteiger partial charge is 0.507 e. The Bertz CT molecular complexity index is 908. The number of nitrogens with one attached hydrogen (secondary N) is 2. The highest BCUT2D eigenvalue weighted by Gasteiger charge is 2.15. The van der Waals surface area contributed by atoms with Gasteiger partial charge in [-0.25, -0.2) is 4.99 Å². The van der Waals surface area contributed by atoms with Crippen molar-refractivity contribution in [1.29, 1.82) is 0 Å². The fourth-order valence-corrected chi connectivity index (χ4v) is 3.02. The van der Waals surface area contributed by atoms with Crippen molar-refractivity contribution in [2.24, 2.45) is 4.99 Å². The first-order valence-corrected chi connectivity index (χ1v) is 9.22. The first kappa shape index (κ1) is 21.3. The number of anilines is 1. The molecule has 0 unspecified atom stereocenters. The standard InChI is InChI=1S/C20H19N3O3S.ClH/c24-16-3-1-4-17(25)19(16)20(26)21-11-10-14-6-8-15(9-7-14)22-13-23-18-5-2-12-27-18;/h1-9,12-13,24-25H,10-11H2,(H,21,26)(H,22,23);1H. The van der Waals surface area contributed by atoms with E-state index in [-0.39, 0.29) is 29.5 Å². The van der Waals surface area contributed by atoms with Crippen molar-refractivity contribution >= 4 is 46.7 Å². The smallest absolute Gasteiger partial charge is 0.258 e. The summed E-state index contributed by atoms with van der Waals surface area (Å²) in [5.41, 5.74) is 1.86. The third kappa shape index (κ3) is 5.73. The Labute approximate surface area is 173 Å². The lowest BCUT2D eigenvalue weighted by Crippen LogP contribution is -2.25. The lowest BCUT2D eigenvalue weighted by atomic mass is 10.1. The average Bonchev–Trinajstić information content (AvgIpc) is 3.16. The average molecular weight is 418 g/mol. The number of rotatable bonds is 7. The van der Waals surface area contributed by atoms with E-state index in [1.807, 2.05) is 41.8 Å². The third-order valence-electron chi connectivity index (χ3n) is 3.83. The molecule has 1 amide bonds. The maximum Gasteiger partial charge on any atom is 0.258 e. The molecule has 28 heavy (non-hydrogen) atoms. The molecule has 0 saturated carbocycles. The molecule has 6 nitrogen and oxygen atoms in total. The number of benzene rings is 2. The van der Waals surface area contributed by atoms with E-state index in [2.05, 4.69) is 15.6 Å². The maximum absolute atomic E-state index is 12.1. The van der Waals surface area contributed by atoms with E-state index < -0.39 is 5.91 Å². The van der Waals surface area contributed by atoms with Crippen LogP contribution in [0.1, 0.15) is 15.9 Å². The summed E-state index contributed by atoms with van der Waals surface area (Å²) in [6.07, 6.45) is 2.28. The molecule has 1 heterocycles. The van der Waals surface area contributed by atoms with E-state index in [1.165, 1.54) is 18.2 Å².